The van der Waals surface area contributed by atoms with Crippen LogP contribution in [-0.2, 0) is 32.3 Å². The van der Waals surface area contributed by atoms with Crippen molar-refractivity contribution in [1.29, 1.82) is 0 Å². The van der Waals surface area contributed by atoms with Gasteiger partial charge in [-0.1, -0.05) is 93.3 Å². The molecule has 0 radical (unpaired) electrons. The van der Waals surface area contributed by atoms with Crippen LogP contribution in [0.4, 0.5) is 8.78 Å². The van der Waals surface area contributed by atoms with Crippen LogP contribution in [0.3, 0.4) is 0 Å². The number of ether oxygens (including phenoxy) is 2. The van der Waals surface area contributed by atoms with Crippen LogP contribution in [0.1, 0.15) is 102 Å². The van der Waals surface area contributed by atoms with E-state index in [0.29, 0.717) is 45.3 Å². The van der Waals surface area contributed by atoms with E-state index < -0.39 is 5.92 Å². The summed E-state index contributed by atoms with van der Waals surface area (Å²) in [6.07, 6.45) is 6.82. The third-order valence-corrected chi connectivity index (χ3v) is 7.98. The van der Waals surface area contributed by atoms with E-state index in [2.05, 4.69) is 0 Å². The maximum atomic E-state index is 14.3. The van der Waals surface area contributed by atoms with Crippen LogP contribution < -0.4 is 0 Å². The van der Waals surface area contributed by atoms with Crippen molar-refractivity contribution < 1.29 is 27.8 Å². The molecule has 1 aliphatic carbocycles. The summed E-state index contributed by atoms with van der Waals surface area (Å²) in [4.78, 5) is 25.1. The highest BCUT2D eigenvalue weighted by Gasteiger charge is 2.42. The Bertz CT molecular complexity index is 996. The molecule has 2 aromatic rings. The SMILES string of the molecule is CCCCC(F)(F)CCC[C@H]1[C@H](OCc2ccccc2)CC(=O)[C@@H]1CCCCCCC(=O)OCc1ccccc1. The lowest BCUT2D eigenvalue weighted by Gasteiger charge is -2.25. The summed E-state index contributed by atoms with van der Waals surface area (Å²) < 4.78 is 40.2. The third-order valence-electron chi connectivity index (χ3n) is 7.98. The highest BCUT2D eigenvalue weighted by molar-refractivity contribution is 5.84. The van der Waals surface area contributed by atoms with Crippen LogP contribution in [0.25, 0.3) is 0 Å². The van der Waals surface area contributed by atoms with Crippen LogP contribution >= 0.6 is 0 Å². The lowest BCUT2D eigenvalue weighted by atomic mass is 9.85. The van der Waals surface area contributed by atoms with Crippen molar-refractivity contribution in [2.75, 3.05) is 0 Å². The normalized spacial score (nSPS) is 19.2. The van der Waals surface area contributed by atoms with Gasteiger partial charge in [0.25, 0.3) is 0 Å². The number of benzene rings is 2. The van der Waals surface area contributed by atoms with Gasteiger partial charge in [0, 0.05) is 31.6 Å². The molecular weight excluding hydrogens is 510 g/mol. The maximum Gasteiger partial charge on any atom is 0.306 e. The van der Waals surface area contributed by atoms with Gasteiger partial charge in [0.1, 0.15) is 12.4 Å². The lowest BCUT2D eigenvalue weighted by molar-refractivity contribution is -0.145. The molecule has 0 saturated heterocycles. The third kappa shape index (κ3) is 11.5. The van der Waals surface area contributed by atoms with Gasteiger partial charge < -0.3 is 9.47 Å². The molecular formula is C34H46F2O4. The number of carbonyl (C=O) groups excluding carboxylic acids is 2. The Labute approximate surface area is 238 Å². The van der Waals surface area contributed by atoms with Gasteiger partial charge >= 0.3 is 5.97 Å². The van der Waals surface area contributed by atoms with Crippen LogP contribution in [0.15, 0.2) is 60.7 Å². The summed E-state index contributed by atoms with van der Waals surface area (Å²) in [6.45, 7) is 2.65. The average molecular weight is 557 g/mol. The predicted molar refractivity (Wildman–Crippen MR) is 154 cm³/mol. The molecule has 0 N–H and O–H groups in total. The molecule has 40 heavy (non-hydrogen) atoms. The summed E-state index contributed by atoms with van der Waals surface area (Å²) >= 11 is 0. The van der Waals surface area contributed by atoms with E-state index in [-0.39, 0.29) is 42.5 Å². The van der Waals surface area contributed by atoms with Crippen molar-refractivity contribution in [3.8, 4) is 0 Å². The average Bonchev–Trinajstić information content (AvgIpc) is 3.26. The van der Waals surface area contributed by atoms with E-state index in [1.54, 1.807) is 0 Å². The molecule has 4 nitrogen and oxygen atoms in total. The van der Waals surface area contributed by atoms with Crippen molar-refractivity contribution in [1.82, 2.24) is 0 Å². The van der Waals surface area contributed by atoms with Gasteiger partial charge in [-0.05, 0) is 49.1 Å². The van der Waals surface area contributed by atoms with E-state index in [1.165, 1.54) is 0 Å². The molecule has 0 heterocycles. The molecule has 1 fully saturated rings. The first-order valence-electron chi connectivity index (χ1n) is 15.1. The first kappa shape index (κ1) is 31.9. The number of Topliss-reactive ketones (excluding diaryl/α,β-unsaturated/α-hetero) is 1. The van der Waals surface area contributed by atoms with Crippen molar-refractivity contribution in [3.05, 3.63) is 71.8 Å². The van der Waals surface area contributed by atoms with E-state index in [1.807, 2.05) is 67.6 Å². The van der Waals surface area contributed by atoms with Gasteiger partial charge in [0.15, 0.2) is 0 Å². The van der Waals surface area contributed by atoms with Crippen molar-refractivity contribution in [2.45, 2.75) is 116 Å². The number of hydrogen-bond donors (Lipinski definition) is 0. The second kappa shape index (κ2) is 17.3. The smallest absolute Gasteiger partial charge is 0.306 e. The van der Waals surface area contributed by atoms with Gasteiger partial charge in [-0.25, -0.2) is 8.78 Å². The Hall–Kier alpha value is -2.60. The summed E-state index contributed by atoms with van der Waals surface area (Å²) in [5.74, 6) is -2.79. The zero-order chi connectivity index (χ0) is 28.6. The Morgan fingerprint density at radius 2 is 1.45 bits per heavy atom. The number of esters is 1. The lowest BCUT2D eigenvalue weighted by Crippen LogP contribution is -2.24. The summed E-state index contributed by atoms with van der Waals surface area (Å²) in [6, 6.07) is 19.5. The molecule has 0 aliphatic heterocycles. The molecule has 2 aromatic carbocycles. The minimum Gasteiger partial charge on any atom is -0.461 e. The van der Waals surface area contributed by atoms with E-state index >= 15 is 0 Å². The van der Waals surface area contributed by atoms with Gasteiger partial charge in [0.2, 0.25) is 5.92 Å². The molecule has 6 heteroatoms. The number of alkyl halides is 2. The van der Waals surface area contributed by atoms with Gasteiger partial charge in [-0.15, -0.1) is 0 Å². The number of ketones is 1. The second-order valence-electron chi connectivity index (χ2n) is 11.2. The molecule has 1 saturated carbocycles. The predicted octanol–water partition coefficient (Wildman–Crippen LogP) is 8.86. The number of hydrogen-bond acceptors (Lipinski definition) is 4. The summed E-state index contributed by atoms with van der Waals surface area (Å²) in [5, 5.41) is 0. The first-order valence-corrected chi connectivity index (χ1v) is 15.1. The van der Waals surface area contributed by atoms with Crippen LogP contribution in [0.2, 0.25) is 0 Å². The molecule has 0 aromatic heterocycles. The molecule has 0 unspecified atom stereocenters. The maximum absolute atomic E-state index is 14.3. The van der Waals surface area contributed by atoms with Crippen LogP contribution in [0.5, 0.6) is 0 Å². The highest BCUT2D eigenvalue weighted by atomic mass is 19.3. The summed E-state index contributed by atoms with van der Waals surface area (Å²) in [7, 11) is 0. The second-order valence-corrected chi connectivity index (χ2v) is 11.2. The van der Waals surface area contributed by atoms with Crippen LogP contribution in [-0.4, -0.2) is 23.8 Å². The van der Waals surface area contributed by atoms with Gasteiger partial charge in [-0.3, -0.25) is 9.59 Å². The number of unbranched alkanes of at least 4 members (excludes halogenated alkanes) is 4. The molecule has 220 valence electrons. The number of halogens is 2. The van der Waals surface area contributed by atoms with Gasteiger partial charge in [0.05, 0.1) is 12.7 Å². The number of rotatable bonds is 19. The fourth-order valence-corrected chi connectivity index (χ4v) is 5.68. The van der Waals surface area contributed by atoms with Gasteiger partial charge in [-0.2, -0.15) is 0 Å². The Morgan fingerprint density at radius 1 is 0.825 bits per heavy atom. The molecule has 1 aliphatic rings. The van der Waals surface area contributed by atoms with E-state index in [0.717, 1.165) is 49.7 Å². The fraction of sp³-hybridized carbons (Fsp3) is 0.588. The first-order chi connectivity index (χ1) is 19.4. The van der Waals surface area contributed by atoms with E-state index in [9.17, 15) is 18.4 Å². The fourth-order valence-electron chi connectivity index (χ4n) is 5.68. The minimum atomic E-state index is -2.64. The minimum absolute atomic E-state index is 0.0221. The molecule has 0 spiro atoms. The largest absolute Gasteiger partial charge is 0.461 e. The Morgan fingerprint density at radius 3 is 2.12 bits per heavy atom. The highest BCUT2D eigenvalue weighted by Crippen LogP contribution is 2.40. The zero-order valence-electron chi connectivity index (χ0n) is 24.0. The van der Waals surface area contributed by atoms with Crippen LogP contribution in [0, 0.1) is 11.8 Å². The quantitative estimate of drug-likeness (QED) is 0.128. The Kier molecular flexibility index (Phi) is 13.8. The van der Waals surface area contributed by atoms with Crippen molar-refractivity contribution in [3.63, 3.8) is 0 Å². The molecule has 3 atom stereocenters. The van der Waals surface area contributed by atoms with Crippen molar-refractivity contribution >= 4 is 11.8 Å². The molecule has 0 bridgehead atoms. The monoisotopic (exact) mass is 556 g/mol. The van der Waals surface area contributed by atoms with E-state index in [4.69, 9.17) is 9.47 Å². The standard InChI is InChI=1S/C34H46F2O4/c1-2-3-22-34(35,36)23-14-20-30-29(31(37)24-32(30)39-25-27-15-8-6-9-16-27)19-12-4-5-13-21-33(38)40-26-28-17-10-7-11-18-28/h6-11,15-18,29-30,32H,2-5,12-14,19-26H2,1H3/t29-,30-,32-/m1/s1. The molecule has 0 amide bonds. The topological polar surface area (TPSA) is 52.6 Å². The number of carbonyl (C=O) groups is 2. The molecule has 3 rings (SSSR count). The summed E-state index contributed by atoms with van der Waals surface area (Å²) in [5.41, 5.74) is 2.02. The van der Waals surface area contributed by atoms with Crippen molar-refractivity contribution in [2.24, 2.45) is 11.8 Å². The Balaban J connectivity index is 1.43. The zero-order valence-corrected chi connectivity index (χ0v) is 24.0.